The van der Waals surface area contributed by atoms with Gasteiger partial charge in [0.1, 0.15) is 0 Å². The van der Waals surface area contributed by atoms with Crippen LogP contribution in [0.5, 0.6) is 0 Å². The third-order valence-corrected chi connectivity index (χ3v) is 5.70. The largest absolute Gasteiger partial charge is 0.351 e. The molecule has 1 atom stereocenters. The van der Waals surface area contributed by atoms with Gasteiger partial charge in [-0.15, -0.1) is 11.3 Å². The molecule has 2 N–H and O–H groups in total. The smallest absolute Gasteiger partial charge is 0.229 e. The molecule has 0 spiro atoms. The van der Waals surface area contributed by atoms with E-state index in [4.69, 9.17) is 4.98 Å². The molecule has 1 aromatic heterocycles. The van der Waals surface area contributed by atoms with Gasteiger partial charge in [-0.3, -0.25) is 9.79 Å². The van der Waals surface area contributed by atoms with Crippen LogP contribution >= 0.6 is 11.3 Å². The van der Waals surface area contributed by atoms with Gasteiger partial charge in [0, 0.05) is 36.5 Å². The number of aliphatic imine (C=N–C) groups is 1. The van der Waals surface area contributed by atoms with Crippen molar-refractivity contribution < 1.29 is 4.79 Å². The van der Waals surface area contributed by atoms with Crippen LogP contribution in [0.2, 0.25) is 0 Å². The molecule has 0 saturated carbocycles. The van der Waals surface area contributed by atoms with Crippen LogP contribution < -0.4 is 15.5 Å². The minimum absolute atomic E-state index is 0.0319. The van der Waals surface area contributed by atoms with E-state index in [1.807, 2.05) is 35.2 Å². The van der Waals surface area contributed by atoms with Gasteiger partial charge in [-0.05, 0) is 12.1 Å². The Labute approximate surface area is 164 Å². The van der Waals surface area contributed by atoms with Crippen molar-refractivity contribution in [3.63, 3.8) is 0 Å². The molecule has 1 aromatic carbocycles. The summed E-state index contributed by atoms with van der Waals surface area (Å²) in [5.41, 5.74) is 2.00. The first-order chi connectivity index (χ1) is 12.9. The van der Waals surface area contributed by atoms with Gasteiger partial charge in [-0.2, -0.15) is 0 Å². The molecule has 0 radical (unpaired) electrons. The van der Waals surface area contributed by atoms with Crippen LogP contribution in [0.15, 0.2) is 40.7 Å². The molecule has 2 heterocycles. The fraction of sp³-hybridized carbons (Fsp3) is 0.450. The number of hydrogen-bond donors (Lipinski definition) is 2. The van der Waals surface area contributed by atoms with Gasteiger partial charge in [0.2, 0.25) is 5.91 Å². The number of para-hydroxylation sites is 1. The lowest BCUT2D eigenvalue weighted by molar-refractivity contribution is -0.117. The van der Waals surface area contributed by atoms with E-state index in [0.717, 1.165) is 16.4 Å². The standard InChI is InChI=1S/C20H27N5OS/c1-20(2,3)18-23-15(13-27-18)11-22-19(21-4)24-14-10-17(26)25(12-14)16-8-6-5-7-9-16/h5-9,13-14H,10-12H2,1-4H3,(H2,21,22,24). The number of aromatic nitrogens is 1. The molecule has 1 aliphatic rings. The predicted molar refractivity (Wildman–Crippen MR) is 111 cm³/mol. The van der Waals surface area contributed by atoms with E-state index in [0.29, 0.717) is 25.5 Å². The molecule has 2 aromatic rings. The van der Waals surface area contributed by atoms with E-state index in [1.165, 1.54) is 0 Å². The summed E-state index contributed by atoms with van der Waals surface area (Å²) in [6.45, 7) is 7.74. The molecule has 7 heteroatoms. The third kappa shape index (κ3) is 4.86. The first-order valence-electron chi connectivity index (χ1n) is 9.14. The Kier molecular flexibility index (Phi) is 5.79. The SMILES string of the molecule is CN=C(NCc1csc(C(C)(C)C)n1)NC1CC(=O)N(c2ccccc2)C1. The number of carbonyl (C=O) groups is 1. The Morgan fingerprint density at radius 2 is 2.07 bits per heavy atom. The minimum atomic E-state index is 0.0319. The van der Waals surface area contributed by atoms with Gasteiger partial charge in [-0.25, -0.2) is 4.98 Å². The highest BCUT2D eigenvalue weighted by atomic mass is 32.1. The van der Waals surface area contributed by atoms with Crippen molar-refractivity contribution in [2.45, 2.75) is 45.2 Å². The molecule has 27 heavy (non-hydrogen) atoms. The molecular weight excluding hydrogens is 358 g/mol. The fourth-order valence-electron chi connectivity index (χ4n) is 2.96. The Morgan fingerprint density at radius 3 is 2.70 bits per heavy atom. The number of thiazole rings is 1. The number of nitrogens with zero attached hydrogens (tertiary/aromatic N) is 3. The average Bonchev–Trinajstić information content (AvgIpc) is 3.26. The second-order valence-corrected chi connectivity index (χ2v) is 8.56. The molecule has 6 nitrogen and oxygen atoms in total. The molecule has 144 valence electrons. The number of carbonyl (C=O) groups excluding carboxylic acids is 1. The summed E-state index contributed by atoms with van der Waals surface area (Å²) in [7, 11) is 1.74. The number of amides is 1. The normalized spacial score (nSPS) is 18.1. The highest BCUT2D eigenvalue weighted by molar-refractivity contribution is 7.09. The maximum atomic E-state index is 12.3. The monoisotopic (exact) mass is 385 g/mol. The number of rotatable bonds is 4. The molecule has 1 aliphatic heterocycles. The van der Waals surface area contributed by atoms with Gasteiger partial charge in [-0.1, -0.05) is 39.0 Å². The first-order valence-corrected chi connectivity index (χ1v) is 10.0. The second-order valence-electron chi connectivity index (χ2n) is 7.71. The van der Waals surface area contributed by atoms with E-state index in [-0.39, 0.29) is 17.4 Å². The lowest BCUT2D eigenvalue weighted by Gasteiger charge is -2.18. The van der Waals surface area contributed by atoms with E-state index >= 15 is 0 Å². The summed E-state index contributed by atoms with van der Waals surface area (Å²) >= 11 is 1.68. The molecule has 1 fully saturated rings. The molecule has 1 unspecified atom stereocenters. The molecular formula is C20H27N5OS. The predicted octanol–water partition coefficient (Wildman–Crippen LogP) is 2.91. The molecule has 1 amide bonds. The zero-order valence-corrected chi connectivity index (χ0v) is 17.1. The summed E-state index contributed by atoms with van der Waals surface area (Å²) in [4.78, 5) is 23.1. The summed E-state index contributed by atoms with van der Waals surface area (Å²) in [6, 6.07) is 9.80. The van der Waals surface area contributed by atoms with Crippen LogP contribution in [-0.2, 0) is 16.8 Å². The first kappa shape index (κ1) is 19.4. The number of anilines is 1. The summed E-state index contributed by atoms with van der Waals surface area (Å²) in [6.07, 6.45) is 0.459. The molecule has 1 saturated heterocycles. The molecule has 3 rings (SSSR count). The Morgan fingerprint density at radius 1 is 1.33 bits per heavy atom. The quantitative estimate of drug-likeness (QED) is 0.627. The lowest BCUT2D eigenvalue weighted by atomic mass is 9.98. The highest BCUT2D eigenvalue weighted by Crippen LogP contribution is 2.25. The zero-order chi connectivity index (χ0) is 19.4. The second kappa shape index (κ2) is 8.08. The van der Waals surface area contributed by atoms with Gasteiger partial charge in [0.25, 0.3) is 0 Å². The van der Waals surface area contributed by atoms with Crippen molar-refractivity contribution in [2.24, 2.45) is 4.99 Å². The van der Waals surface area contributed by atoms with Gasteiger partial charge in [0.15, 0.2) is 5.96 Å². The fourth-order valence-corrected chi connectivity index (χ4v) is 3.86. The van der Waals surface area contributed by atoms with Crippen molar-refractivity contribution in [3.05, 3.63) is 46.4 Å². The van der Waals surface area contributed by atoms with Crippen LogP contribution in [-0.4, -0.2) is 36.5 Å². The highest BCUT2D eigenvalue weighted by Gasteiger charge is 2.31. The van der Waals surface area contributed by atoms with E-state index in [2.05, 4.69) is 41.8 Å². The van der Waals surface area contributed by atoms with Gasteiger partial charge < -0.3 is 15.5 Å². The van der Waals surface area contributed by atoms with Gasteiger partial charge in [0.05, 0.1) is 23.3 Å². The number of guanidine groups is 1. The van der Waals surface area contributed by atoms with Crippen molar-refractivity contribution in [2.75, 3.05) is 18.5 Å². The number of hydrogen-bond acceptors (Lipinski definition) is 4. The summed E-state index contributed by atoms with van der Waals surface area (Å²) in [5.74, 6) is 0.816. The summed E-state index contributed by atoms with van der Waals surface area (Å²) < 4.78 is 0. The molecule has 0 bridgehead atoms. The maximum Gasteiger partial charge on any atom is 0.229 e. The Balaban J connectivity index is 1.55. The van der Waals surface area contributed by atoms with Crippen molar-refractivity contribution in [3.8, 4) is 0 Å². The Bertz CT molecular complexity index is 809. The Hall–Kier alpha value is -2.41. The lowest BCUT2D eigenvalue weighted by Crippen LogP contribution is -2.44. The van der Waals surface area contributed by atoms with Crippen molar-refractivity contribution in [1.82, 2.24) is 15.6 Å². The summed E-state index contributed by atoms with van der Waals surface area (Å²) in [5, 5.41) is 9.86. The van der Waals surface area contributed by atoms with Gasteiger partial charge >= 0.3 is 0 Å². The minimum Gasteiger partial charge on any atom is -0.351 e. The van der Waals surface area contributed by atoms with Crippen molar-refractivity contribution >= 4 is 28.9 Å². The van der Waals surface area contributed by atoms with Crippen LogP contribution in [0.3, 0.4) is 0 Å². The topological polar surface area (TPSA) is 69.6 Å². The van der Waals surface area contributed by atoms with E-state index in [1.54, 1.807) is 18.4 Å². The van der Waals surface area contributed by atoms with E-state index in [9.17, 15) is 4.79 Å². The average molecular weight is 386 g/mol. The van der Waals surface area contributed by atoms with Crippen LogP contribution in [0.1, 0.15) is 37.9 Å². The maximum absolute atomic E-state index is 12.3. The third-order valence-electron chi connectivity index (χ3n) is 4.39. The van der Waals surface area contributed by atoms with Crippen LogP contribution in [0, 0.1) is 0 Å². The zero-order valence-electron chi connectivity index (χ0n) is 16.3. The molecule has 0 aliphatic carbocycles. The van der Waals surface area contributed by atoms with Crippen molar-refractivity contribution in [1.29, 1.82) is 0 Å². The number of benzene rings is 1. The van der Waals surface area contributed by atoms with Crippen LogP contribution in [0.4, 0.5) is 5.69 Å². The number of nitrogens with one attached hydrogen (secondary N) is 2. The van der Waals surface area contributed by atoms with E-state index < -0.39 is 0 Å². The van der Waals surface area contributed by atoms with Crippen LogP contribution in [0.25, 0.3) is 0 Å².